The number of nitrogen functional groups attached to an aromatic ring is 1. The highest BCUT2D eigenvalue weighted by molar-refractivity contribution is 8.13. The van der Waals surface area contributed by atoms with Gasteiger partial charge in [0.25, 0.3) is 5.24 Å². The van der Waals surface area contributed by atoms with Crippen LogP contribution in [0.1, 0.15) is 12.0 Å². The van der Waals surface area contributed by atoms with Gasteiger partial charge < -0.3 is 5.73 Å². The molecule has 0 aromatic heterocycles. The maximum absolute atomic E-state index is 12.8. The Kier molecular flexibility index (Phi) is 3.33. The minimum Gasteiger partial charge on any atom is -0.398 e. The molecule has 90 valence electrons. The van der Waals surface area contributed by atoms with Crippen LogP contribution in [0.25, 0.3) is 0 Å². The lowest BCUT2D eigenvalue weighted by Crippen LogP contribution is -2.37. The molecule has 4 nitrogen and oxygen atoms in total. The van der Waals surface area contributed by atoms with E-state index in [1.807, 2.05) is 0 Å². The summed E-state index contributed by atoms with van der Waals surface area (Å²) in [7, 11) is 0. The highest BCUT2D eigenvalue weighted by atomic mass is 32.2. The molecule has 1 aromatic rings. The molecule has 0 bridgehead atoms. The van der Waals surface area contributed by atoms with Crippen molar-refractivity contribution in [3.63, 3.8) is 0 Å². The second-order valence-electron chi connectivity index (χ2n) is 3.69. The molecule has 1 aliphatic rings. The minimum atomic E-state index is -0.433. The summed E-state index contributed by atoms with van der Waals surface area (Å²) >= 11 is 1.11. The summed E-state index contributed by atoms with van der Waals surface area (Å²) in [4.78, 5) is 24.3. The van der Waals surface area contributed by atoms with Crippen molar-refractivity contribution in [3.8, 4) is 0 Å². The third kappa shape index (κ3) is 2.58. The van der Waals surface area contributed by atoms with E-state index in [1.165, 1.54) is 18.2 Å². The van der Waals surface area contributed by atoms with E-state index in [-0.39, 0.29) is 23.4 Å². The van der Waals surface area contributed by atoms with Crippen LogP contribution in [-0.2, 0) is 11.3 Å². The molecule has 2 amide bonds. The van der Waals surface area contributed by atoms with Crippen molar-refractivity contribution in [2.75, 3.05) is 11.5 Å². The Bertz CT molecular complexity index is 463. The van der Waals surface area contributed by atoms with Gasteiger partial charge in [-0.2, -0.15) is 0 Å². The smallest absolute Gasteiger partial charge is 0.288 e. The van der Waals surface area contributed by atoms with Gasteiger partial charge in [-0.15, -0.1) is 0 Å². The lowest BCUT2D eigenvalue weighted by molar-refractivity contribution is -0.128. The zero-order valence-corrected chi connectivity index (χ0v) is 9.80. The topological polar surface area (TPSA) is 63.4 Å². The van der Waals surface area contributed by atoms with Crippen LogP contribution < -0.4 is 5.73 Å². The van der Waals surface area contributed by atoms with Gasteiger partial charge in [0, 0.05) is 17.9 Å². The largest absolute Gasteiger partial charge is 0.398 e. The number of amides is 2. The van der Waals surface area contributed by atoms with Crippen LogP contribution in [0, 0.1) is 5.82 Å². The number of halogens is 1. The van der Waals surface area contributed by atoms with Gasteiger partial charge in [0.1, 0.15) is 5.82 Å². The average Bonchev–Trinajstić information content (AvgIpc) is 2.26. The summed E-state index contributed by atoms with van der Waals surface area (Å²) in [5, 5.41) is -0.273. The van der Waals surface area contributed by atoms with E-state index in [0.717, 1.165) is 16.7 Å². The Morgan fingerprint density at radius 3 is 2.82 bits per heavy atom. The van der Waals surface area contributed by atoms with Gasteiger partial charge in [-0.25, -0.2) is 4.39 Å². The van der Waals surface area contributed by atoms with E-state index in [9.17, 15) is 14.0 Å². The standard InChI is InChI=1S/C11H11FN2O2S/c12-8-2-1-7(9(13)5-8)6-14-10(15)3-4-17-11(14)16/h1-2,5H,3-4,6,13H2. The number of nitrogens with zero attached hydrogens (tertiary/aromatic N) is 1. The number of rotatable bonds is 2. The summed E-state index contributed by atoms with van der Waals surface area (Å²) in [5.74, 6) is -0.123. The van der Waals surface area contributed by atoms with Crippen molar-refractivity contribution in [1.82, 2.24) is 4.90 Å². The molecule has 0 radical (unpaired) electrons. The van der Waals surface area contributed by atoms with Crippen LogP contribution in [-0.4, -0.2) is 21.8 Å². The lowest BCUT2D eigenvalue weighted by Gasteiger charge is -2.24. The SMILES string of the molecule is Nc1cc(F)ccc1CN1C(=O)CCSC1=O. The Morgan fingerprint density at radius 1 is 1.41 bits per heavy atom. The van der Waals surface area contributed by atoms with Crippen molar-refractivity contribution < 1.29 is 14.0 Å². The highest BCUT2D eigenvalue weighted by Crippen LogP contribution is 2.23. The number of carbonyl (C=O) groups is 2. The maximum atomic E-state index is 12.8. The molecule has 0 atom stereocenters. The fourth-order valence-corrected chi connectivity index (χ4v) is 2.35. The van der Waals surface area contributed by atoms with Crippen molar-refractivity contribution >= 4 is 28.6 Å². The first-order chi connectivity index (χ1) is 8.08. The monoisotopic (exact) mass is 254 g/mol. The Labute approximate surface area is 102 Å². The van der Waals surface area contributed by atoms with Gasteiger partial charge >= 0.3 is 0 Å². The molecule has 17 heavy (non-hydrogen) atoms. The minimum absolute atomic E-state index is 0.108. The number of hydrogen-bond acceptors (Lipinski definition) is 4. The van der Waals surface area contributed by atoms with Crippen LogP contribution in [0.15, 0.2) is 18.2 Å². The third-order valence-electron chi connectivity index (χ3n) is 2.50. The van der Waals surface area contributed by atoms with E-state index in [1.54, 1.807) is 0 Å². The molecule has 2 rings (SSSR count). The van der Waals surface area contributed by atoms with E-state index in [4.69, 9.17) is 5.73 Å². The molecular formula is C11H11FN2O2S. The average molecular weight is 254 g/mol. The van der Waals surface area contributed by atoms with Crippen molar-refractivity contribution in [2.24, 2.45) is 0 Å². The highest BCUT2D eigenvalue weighted by Gasteiger charge is 2.27. The van der Waals surface area contributed by atoms with E-state index < -0.39 is 5.82 Å². The van der Waals surface area contributed by atoms with Crippen molar-refractivity contribution in [3.05, 3.63) is 29.6 Å². The van der Waals surface area contributed by atoms with Crippen LogP contribution in [0.3, 0.4) is 0 Å². The van der Waals surface area contributed by atoms with Gasteiger partial charge in [0.15, 0.2) is 0 Å². The zero-order chi connectivity index (χ0) is 12.4. The zero-order valence-electron chi connectivity index (χ0n) is 8.98. The summed E-state index contributed by atoms with van der Waals surface area (Å²) < 4.78 is 12.8. The molecule has 1 aliphatic heterocycles. The Hall–Kier alpha value is -1.56. The number of benzene rings is 1. The first kappa shape index (κ1) is 11.9. The van der Waals surface area contributed by atoms with E-state index in [0.29, 0.717) is 17.7 Å². The van der Waals surface area contributed by atoms with E-state index >= 15 is 0 Å². The molecule has 6 heteroatoms. The maximum Gasteiger partial charge on any atom is 0.288 e. The number of carbonyl (C=O) groups excluding carboxylic acids is 2. The van der Waals surface area contributed by atoms with Crippen molar-refractivity contribution in [2.45, 2.75) is 13.0 Å². The molecule has 1 heterocycles. The fraction of sp³-hybridized carbons (Fsp3) is 0.273. The number of hydrogen-bond donors (Lipinski definition) is 1. The number of anilines is 1. The molecule has 2 N–H and O–H groups in total. The summed E-state index contributed by atoms with van der Waals surface area (Å²) in [6, 6.07) is 3.93. The quantitative estimate of drug-likeness (QED) is 0.820. The summed E-state index contributed by atoms with van der Waals surface area (Å²) in [6.45, 7) is 0.108. The van der Waals surface area contributed by atoms with Gasteiger partial charge in [-0.1, -0.05) is 17.8 Å². The number of thioether (sulfide) groups is 1. The third-order valence-corrected chi connectivity index (χ3v) is 3.37. The lowest BCUT2D eigenvalue weighted by atomic mass is 10.1. The predicted octanol–water partition coefficient (Wildman–Crippen LogP) is 1.99. The molecule has 0 saturated carbocycles. The Balaban J connectivity index is 2.19. The van der Waals surface area contributed by atoms with Crippen LogP contribution >= 0.6 is 11.8 Å². The molecular weight excluding hydrogens is 243 g/mol. The van der Waals surface area contributed by atoms with Gasteiger partial charge in [-0.3, -0.25) is 14.5 Å². The molecule has 0 spiro atoms. The second-order valence-corrected chi connectivity index (χ2v) is 4.73. The fourth-order valence-electron chi connectivity index (χ4n) is 1.57. The van der Waals surface area contributed by atoms with Crippen LogP contribution in [0.2, 0.25) is 0 Å². The molecule has 1 fully saturated rings. The number of nitrogens with two attached hydrogens (primary N) is 1. The normalized spacial score (nSPS) is 16.4. The van der Waals surface area contributed by atoms with Crippen LogP contribution in [0.4, 0.5) is 14.9 Å². The number of imide groups is 1. The molecule has 0 aliphatic carbocycles. The van der Waals surface area contributed by atoms with Crippen molar-refractivity contribution in [1.29, 1.82) is 0 Å². The van der Waals surface area contributed by atoms with Gasteiger partial charge in [0.05, 0.1) is 6.54 Å². The summed E-state index contributed by atoms with van der Waals surface area (Å²) in [5.41, 5.74) is 6.46. The van der Waals surface area contributed by atoms with Gasteiger partial charge in [0.2, 0.25) is 5.91 Å². The van der Waals surface area contributed by atoms with Crippen LogP contribution in [0.5, 0.6) is 0 Å². The molecule has 1 aromatic carbocycles. The first-order valence-electron chi connectivity index (χ1n) is 5.09. The molecule has 1 saturated heterocycles. The summed E-state index contributed by atoms with van der Waals surface area (Å²) in [6.07, 6.45) is 0.345. The van der Waals surface area contributed by atoms with E-state index in [2.05, 4.69) is 0 Å². The van der Waals surface area contributed by atoms with Gasteiger partial charge in [-0.05, 0) is 17.7 Å². The Morgan fingerprint density at radius 2 is 2.18 bits per heavy atom. The first-order valence-corrected chi connectivity index (χ1v) is 6.07. The predicted molar refractivity (Wildman–Crippen MR) is 63.8 cm³/mol. The molecule has 0 unspecified atom stereocenters. The second kappa shape index (κ2) is 4.75.